The molecular weight excluding hydrogens is 799 g/mol. The lowest BCUT2D eigenvalue weighted by Gasteiger charge is -2.33. The first kappa shape index (κ1) is 41.9. The molecule has 59 heavy (non-hydrogen) atoms. The molecule has 2 aliphatic carbocycles. The van der Waals surface area contributed by atoms with Gasteiger partial charge in [0.25, 0.3) is 11.8 Å². The van der Waals surface area contributed by atoms with Gasteiger partial charge in [-0.2, -0.15) is 0 Å². The molecule has 3 fully saturated rings. The monoisotopic (exact) mass is 843 g/mol. The van der Waals surface area contributed by atoms with Gasteiger partial charge in [0, 0.05) is 30.0 Å². The zero-order valence-corrected chi connectivity index (χ0v) is 33.4. The average Bonchev–Trinajstić information content (AvgIpc) is 4.09. The highest BCUT2D eigenvalue weighted by Crippen LogP contribution is 2.48. The van der Waals surface area contributed by atoms with E-state index in [9.17, 15) is 45.2 Å². The Morgan fingerprint density at radius 3 is 2.51 bits per heavy atom. The van der Waals surface area contributed by atoms with Crippen molar-refractivity contribution >= 4 is 44.4 Å². The molecule has 1 saturated heterocycles. The molecule has 0 radical (unpaired) electrons. The maximum absolute atomic E-state index is 14.9. The number of benzene rings is 2. The SMILES string of the molecule is COc1cc2ccnc(O[C@@H]3C[C@H]4C(=O)N[C@]5(C(=O)NS(=O)(=O)C6(CF)CC6)C[C@H]5/C=C\CC[C@@H](C)C[C@@H](C)[C@H](NC(=O)c5ccc(F)cc5F)C(=O)N4C3)c2cc1F. The van der Waals surface area contributed by atoms with Gasteiger partial charge in [0.15, 0.2) is 11.6 Å². The van der Waals surface area contributed by atoms with E-state index < -0.39 is 104 Å². The van der Waals surface area contributed by atoms with Crippen molar-refractivity contribution in [3.63, 3.8) is 0 Å². The van der Waals surface area contributed by atoms with Gasteiger partial charge in [-0.1, -0.05) is 26.0 Å². The molecule has 2 aromatic carbocycles. The molecule has 18 heteroatoms. The van der Waals surface area contributed by atoms with Crippen LogP contribution in [0.15, 0.2) is 54.7 Å². The van der Waals surface area contributed by atoms with Crippen molar-refractivity contribution in [1.82, 2.24) is 25.2 Å². The van der Waals surface area contributed by atoms with Gasteiger partial charge in [-0.3, -0.25) is 23.9 Å². The van der Waals surface area contributed by atoms with Crippen LogP contribution in [0, 0.1) is 35.2 Å². The predicted molar refractivity (Wildman–Crippen MR) is 206 cm³/mol. The van der Waals surface area contributed by atoms with Crippen molar-refractivity contribution in [3.05, 3.63) is 77.8 Å². The summed E-state index contributed by atoms with van der Waals surface area (Å²) in [6, 6.07) is 3.95. The lowest BCUT2D eigenvalue weighted by atomic mass is 9.87. The number of allylic oxidation sites excluding steroid dienone is 1. The Labute approximate surface area is 338 Å². The van der Waals surface area contributed by atoms with E-state index in [1.807, 2.05) is 17.7 Å². The minimum Gasteiger partial charge on any atom is -0.494 e. The number of carbonyl (C=O) groups is 4. The molecule has 3 aromatic rings. The quantitative estimate of drug-likeness (QED) is 0.205. The third-order valence-electron chi connectivity index (χ3n) is 12.0. The molecule has 2 aliphatic heterocycles. The van der Waals surface area contributed by atoms with E-state index in [-0.39, 0.29) is 55.2 Å². The number of fused-ring (bicyclic) bond motifs is 3. The number of alkyl halides is 1. The normalized spacial score (nSPS) is 28.6. The summed E-state index contributed by atoms with van der Waals surface area (Å²) < 4.78 is 95.4. The summed E-state index contributed by atoms with van der Waals surface area (Å²) in [5.41, 5.74) is -2.27. The summed E-state index contributed by atoms with van der Waals surface area (Å²) in [5, 5.41) is 6.15. The van der Waals surface area contributed by atoms with E-state index >= 15 is 0 Å². The minimum atomic E-state index is -4.46. The topological polar surface area (TPSA) is 173 Å². The maximum atomic E-state index is 14.9. The zero-order valence-electron chi connectivity index (χ0n) is 32.6. The van der Waals surface area contributed by atoms with Gasteiger partial charge in [-0.15, -0.1) is 0 Å². The highest BCUT2D eigenvalue weighted by molar-refractivity contribution is 7.91. The average molecular weight is 844 g/mol. The number of hydrogen-bond acceptors (Lipinski definition) is 9. The minimum absolute atomic E-state index is 0.0150. The molecule has 2 saturated carbocycles. The second-order valence-electron chi connectivity index (χ2n) is 16.2. The van der Waals surface area contributed by atoms with Crippen molar-refractivity contribution in [3.8, 4) is 11.6 Å². The number of carbonyl (C=O) groups excluding carboxylic acids is 4. The van der Waals surface area contributed by atoms with Crippen molar-refractivity contribution in [2.75, 3.05) is 20.3 Å². The summed E-state index contributed by atoms with van der Waals surface area (Å²) in [5.74, 6) is -7.64. The van der Waals surface area contributed by atoms with Crippen molar-refractivity contribution in [1.29, 1.82) is 0 Å². The Kier molecular flexibility index (Phi) is 11.4. The zero-order chi connectivity index (χ0) is 42.4. The molecule has 4 aliphatic rings. The van der Waals surface area contributed by atoms with Gasteiger partial charge in [-0.25, -0.2) is 31.0 Å². The molecule has 1 aromatic heterocycles. The second kappa shape index (κ2) is 16.1. The molecule has 7 atom stereocenters. The van der Waals surface area contributed by atoms with Gasteiger partial charge in [0.05, 0.1) is 19.2 Å². The van der Waals surface area contributed by atoms with Crippen LogP contribution in [0.1, 0.15) is 69.2 Å². The number of nitrogens with zero attached hydrogens (tertiary/aromatic N) is 2. The Hall–Kier alpha value is -5.26. The summed E-state index contributed by atoms with van der Waals surface area (Å²) in [7, 11) is -3.14. The Balaban J connectivity index is 1.24. The smallest absolute Gasteiger partial charge is 0.259 e. The fraction of sp³-hybridized carbons (Fsp3) is 0.488. The van der Waals surface area contributed by atoms with Crippen LogP contribution in [0.3, 0.4) is 0 Å². The largest absolute Gasteiger partial charge is 0.494 e. The van der Waals surface area contributed by atoms with Crippen LogP contribution in [-0.4, -0.2) is 90.7 Å². The fourth-order valence-corrected chi connectivity index (χ4v) is 9.62. The molecule has 0 spiro atoms. The number of hydrogen-bond donors (Lipinski definition) is 3. The van der Waals surface area contributed by atoms with Crippen LogP contribution in [0.2, 0.25) is 0 Å². The van der Waals surface area contributed by atoms with E-state index in [0.29, 0.717) is 30.7 Å². The van der Waals surface area contributed by atoms with E-state index in [2.05, 4.69) is 15.6 Å². The number of ether oxygens (including phenoxy) is 2. The molecule has 3 N–H and O–H groups in total. The first-order chi connectivity index (χ1) is 28.0. The van der Waals surface area contributed by atoms with Crippen molar-refractivity contribution in [2.45, 2.75) is 87.3 Å². The predicted octanol–water partition coefficient (Wildman–Crippen LogP) is 4.64. The van der Waals surface area contributed by atoms with E-state index in [1.54, 1.807) is 19.1 Å². The van der Waals surface area contributed by atoms with Gasteiger partial charge in [0.1, 0.15) is 46.8 Å². The summed E-state index contributed by atoms with van der Waals surface area (Å²) in [6.45, 7) is 2.23. The van der Waals surface area contributed by atoms with Crippen LogP contribution in [0.5, 0.6) is 11.6 Å². The molecule has 0 unspecified atom stereocenters. The van der Waals surface area contributed by atoms with Crippen LogP contribution in [0.25, 0.3) is 10.8 Å². The standard InChI is InChI=1S/C41H45F4N5O8S/c1-22-6-4-5-7-25-19-41(25,39(54)49-59(55,56)40(21-42)11-12-40)48-36(52)32-17-27(58-37-29-18-31(45)33(57-3)15-24(29)10-13-46-37)20-50(32)38(53)34(23(2)14-22)47-35(51)28-9-8-26(43)16-30(28)44/h5,7-10,13,15-16,18,22-23,25,27,32,34H,4,6,11-12,14,17,19-21H2,1-3H3,(H,47,51)(H,48,52)(H,49,54)/b7-5-/t22-,23-,25-,27-,32+,34+,41-/m1/s1. The van der Waals surface area contributed by atoms with Gasteiger partial charge >= 0.3 is 0 Å². The number of pyridine rings is 1. The molecule has 0 bridgehead atoms. The highest BCUT2D eigenvalue weighted by atomic mass is 32.2. The van der Waals surface area contributed by atoms with Gasteiger partial charge in [0.2, 0.25) is 27.7 Å². The first-order valence-corrected chi connectivity index (χ1v) is 21.0. The highest BCUT2D eigenvalue weighted by Gasteiger charge is 2.64. The lowest BCUT2D eigenvalue weighted by molar-refractivity contribution is -0.142. The number of sulfonamides is 1. The molecule has 13 nitrogen and oxygen atoms in total. The number of halogens is 4. The summed E-state index contributed by atoms with van der Waals surface area (Å²) in [4.78, 5) is 62.3. The molecule has 7 rings (SSSR count). The molecular formula is C41H45F4N5O8S. The second-order valence-corrected chi connectivity index (χ2v) is 18.3. The molecule has 4 amide bonds. The number of rotatable bonds is 9. The van der Waals surface area contributed by atoms with Crippen LogP contribution in [0.4, 0.5) is 17.6 Å². The van der Waals surface area contributed by atoms with Crippen LogP contribution < -0.4 is 24.8 Å². The summed E-state index contributed by atoms with van der Waals surface area (Å²) >= 11 is 0. The first-order valence-electron chi connectivity index (χ1n) is 19.5. The third-order valence-corrected chi connectivity index (χ3v) is 14.1. The number of nitrogens with one attached hydrogen (secondary N) is 3. The third kappa shape index (κ3) is 8.19. The molecule has 316 valence electrons. The van der Waals surface area contributed by atoms with E-state index in [1.165, 1.54) is 30.3 Å². The van der Waals surface area contributed by atoms with Crippen LogP contribution >= 0.6 is 0 Å². The van der Waals surface area contributed by atoms with Crippen molar-refractivity contribution < 1.29 is 54.6 Å². The van der Waals surface area contributed by atoms with Gasteiger partial charge < -0.3 is 25.0 Å². The number of amides is 4. The van der Waals surface area contributed by atoms with Crippen LogP contribution in [-0.2, 0) is 24.4 Å². The fourth-order valence-electron chi connectivity index (χ4n) is 8.20. The Bertz CT molecular complexity index is 2330. The number of aromatic nitrogens is 1. The summed E-state index contributed by atoms with van der Waals surface area (Å²) in [6.07, 6.45) is 5.46. The van der Waals surface area contributed by atoms with E-state index in [4.69, 9.17) is 9.47 Å². The molecule has 3 heterocycles. The Morgan fingerprint density at radius 1 is 1.05 bits per heavy atom. The van der Waals surface area contributed by atoms with Crippen molar-refractivity contribution in [2.24, 2.45) is 17.8 Å². The lowest BCUT2D eigenvalue weighted by Crippen LogP contribution is -2.59. The van der Waals surface area contributed by atoms with Gasteiger partial charge in [-0.05, 0) is 86.1 Å². The van der Waals surface area contributed by atoms with E-state index in [0.717, 1.165) is 12.1 Å². The number of methoxy groups -OCH3 is 1. The Morgan fingerprint density at radius 2 is 1.81 bits per heavy atom. The maximum Gasteiger partial charge on any atom is 0.259 e.